The van der Waals surface area contributed by atoms with Gasteiger partial charge in [0.2, 0.25) is 0 Å². The van der Waals surface area contributed by atoms with Crippen LogP contribution in [-0.2, 0) is 33.8 Å². The number of ether oxygens (including phenoxy) is 5. The van der Waals surface area contributed by atoms with Crippen molar-refractivity contribution in [2.45, 2.75) is 11.3 Å². The number of rotatable bonds is 28. The van der Waals surface area contributed by atoms with Crippen molar-refractivity contribution >= 4 is 27.1 Å². The number of nitrogens with zero attached hydrogens (tertiary/aromatic N) is 2. The molecule has 0 unspecified atom stereocenters. The van der Waals surface area contributed by atoms with Crippen molar-refractivity contribution in [1.82, 2.24) is 0 Å². The van der Waals surface area contributed by atoms with Gasteiger partial charge >= 0.3 is 0 Å². The average molecular weight is 763 g/mol. The van der Waals surface area contributed by atoms with Crippen LogP contribution in [-0.4, -0.2) is 162 Å². The molecule has 2 aromatic carbocycles. The maximum Gasteiger partial charge on any atom is 0.200 e. The van der Waals surface area contributed by atoms with Crippen molar-refractivity contribution < 1.29 is 61.7 Å². The molecule has 15 heteroatoms. The molecule has 0 bridgehead atoms. The summed E-state index contributed by atoms with van der Waals surface area (Å²) in [5, 5.41) is 36.1. The zero-order chi connectivity index (χ0) is 38.2. The summed E-state index contributed by atoms with van der Waals surface area (Å²) < 4.78 is 67.0. The van der Waals surface area contributed by atoms with Gasteiger partial charge in [-0.1, -0.05) is 30.3 Å². The van der Waals surface area contributed by atoms with Crippen LogP contribution >= 0.6 is 0 Å². The maximum atomic E-state index is 12.5. The van der Waals surface area contributed by atoms with E-state index in [9.17, 15) is 13.0 Å². The van der Waals surface area contributed by atoms with E-state index in [2.05, 4.69) is 9.48 Å². The van der Waals surface area contributed by atoms with Crippen molar-refractivity contribution in [3.8, 4) is 0 Å². The summed E-state index contributed by atoms with van der Waals surface area (Å²) in [6.45, 7) is 5.37. The van der Waals surface area contributed by atoms with Crippen molar-refractivity contribution in [2.24, 2.45) is 0 Å². The number of hydrogen-bond acceptors (Lipinski definition) is 13. The van der Waals surface area contributed by atoms with Crippen LogP contribution in [0.15, 0.2) is 83.3 Å². The van der Waals surface area contributed by atoms with Crippen molar-refractivity contribution in [2.75, 3.05) is 124 Å². The van der Waals surface area contributed by atoms with Gasteiger partial charge in [-0.15, -0.1) is 0 Å². The lowest BCUT2D eigenvalue weighted by Gasteiger charge is -2.25. The van der Waals surface area contributed by atoms with Gasteiger partial charge in [0.25, 0.3) is 0 Å². The Morgan fingerprint density at radius 2 is 1.15 bits per heavy atom. The number of aliphatic hydroxyl groups is 4. The Morgan fingerprint density at radius 1 is 0.623 bits per heavy atom. The molecule has 0 heterocycles. The zero-order valence-corrected chi connectivity index (χ0v) is 31.0. The maximum absolute atomic E-state index is 12.5. The molecule has 0 spiro atoms. The molecule has 0 saturated carbocycles. The summed E-state index contributed by atoms with van der Waals surface area (Å²) in [5.74, 6) is 0. The Bertz CT molecular complexity index is 1560. The van der Waals surface area contributed by atoms with Gasteiger partial charge in [0, 0.05) is 42.9 Å². The van der Waals surface area contributed by atoms with Crippen LogP contribution in [0.25, 0.3) is 5.57 Å². The minimum atomic E-state index is -4.82. The minimum absolute atomic E-state index is 0.0460. The molecule has 4 N–H and O–H groups in total. The third kappa shape index (κ3) is 15.9. The van der Waals surface area contributed by atoms with Crippen LogP contribution < -0.4 is 4.90 Å². The third-order valence-electron chi connectivity index (χ3n) is 8.02. The van der Waals surface area contributed by atoms with E-state index in [1.54, 1.807) is 12.1 Å². The molecular weight excluding hydrogens is 708 g/mol. The highest BCUT2D eigenvalue weighted by Crippen LogP contribution is 2.34. The lowest BCUT2D eigenvalue weighted by molar-refractivity contribution is -0.530. The first-order valence-corrected chi connectivity index (χ1v) is 19.2. The Hall–Kier alpha value is -3.32. The molecule has 0 fully saturated rings. The highest BCUT2D eigenvalue weighted by molar-refractivity contribution is 7.85. The van der Waals surface area contributed by atoms with Crippen LogP contribution in [0, 0.1) is 0 Å². The highest BCUT2D eigenvalue weighted by atomic mass is 32.2. The van der Waals surface area contributed by atoms with E-state index in [0.717, 1.165) is 11.4 Å². The fraction of sp³-hybridized carbons (Fsp3) is 0.500. The molecule has 0 saturated heterocycles. The normalized spacial score (nSPS) is 12.8. The summed E-state index contributed by atoms with van der Waals surface area (Å²) in [5.41, 5.74) is 4.00. The second kappa shape index (κ2) is 25.7. The number of aliphatic hydroxyl groups excluding tert-OH is 4. The highest BCUT2D eigenvalue weighted by Gasteiger charge is 2.20. The largest absolute Gasteiger partial charge is 0.744 e. The molecule has 0 aromatic heterocycles. The third-order valence-corrected chi connectivity index (χ3v) is 8.91. The fourth-order valence-corrected chi connectivity index (χ4v) is 6.24. The standard InChI is InChI=1S/C38H54N2O12S/c41-18-26-48-22-3-14-39(15-23-49-27-19-42)34-10-6-32(7-11-34)38(36-4-1-2-5-37(36)53(45,46)47)33-8-12-35(13-9-33)40(16-24-50-28-20-43)17-25-51-30-31-52-29-21-44/h1-2,4-13,41-44H,3,14-31H2. The molecule has 0 radical (unpaired) electrons. The lowest BCUT2D eigenvalue weighted by Crippen LogP contribution is -2.31. The van der Waals surface area contributed by atoms with Gasteiger partial charge < -0.3 is 53.6 Å². The van der Waals surface area contributed by atoms with Gasteiger partial charge in [-0.05, 0) is 47.1 Å². The van der Waals surface area contributed by atoms with E-state index in [1.165, 1.54) is 12.1 Å². The quantitative estimate of drug-likeness (QED) is 0.0551. The second-order valence-electron chi connectivity index (χ2n) is 11.7. The molecule has 0 aliphatic heterocycles. The fourth-order valence-electron chi connectivity index (χ4n) is 5.55. The van der Waals surface area contributed by atoms with E-state index in [1.807, 2.05) is 48.6 Å². The molecule has 0 atom stereocenters. The van der Waals surface area contributed by atoms with Gasteiger partial charge in [-0.25, -0.2) is 13.0 Å². The molecule has 1 aliphatic rings. The van der Waals surface area contributed by atoms with Crippen LogP contribution in [0.1, 0.15) is 17.5 Å². The first-order chi connectivity index (χ1) is 25.8. The van der Waals surface area contributed by atoms with Gasteiger partial charge in [-0.2, -0.15) is 0 Å². The van der Waals surface area contributed by atoms with E-state index < -0.39 is 10.1 Å². The molecule has 0 amide bonds. The first-order valence-electron chi connectivity index (χ1n) is 17.8. The van der Waals surface area contributed by atoms with Crippen LogP contribution in [0.4, 0.5) is 5.69 Å². The number of allylic oxidation sites excluding steroid dienone is 5. The Balaban J connectivity index is 1.97. The predicted octanol–water partition coefficient (Wildman–Crippen LogP) is 1.22. The predicted molar refractivity (Wildman–Crippen MR) is 199 cm³/mol. The van der Waals surface area contributed by atoms with Gasteiger partial charge in [0.05, 0.1) is 90.8 Å². The van der Waals surface area contributed by atoms with E-state index >= 15 is 0 Å². The van der Waals surface area contributed by atoms with Crippen molar-refractivity contribution in [3.63, 3.8) is 0 Å². The monoisotopic (exact) mass is 762 g/mol. The molecule has 2 aromatic rings. The number of hydrogen-bond donors (Lipinski definition) is 4. The van der Waals surface area contributed by atoms with Crippen molar-refractivity contribution in [1.29, 1.82) is 0 Å². The minimum Gasteiger partial charge on any atom is -0.744 e. The molecular formula is C38H54N2O12S. The second-order valence-corrected chi connectivity index (χ2v) is 13.1. The summed E-state index contributed by atoms with van der Waals surface area (Å²) in [6.07, 6.45) is 8.35. The Labute approximate surface area is 312 Å². The van der Waals surface area contributed by atoms with E-state index in [0.29, 0.717) is 89.0 Å². The summed E-state index contributed by atoms with van der Waals surface area (Å²) in [7, 11) is -4.82. The Morgan fingerprint density at radius 3 is 1.74 bits per heavy atom. The van der Waals surface area contributed by atoms with Crippen LogP contribution in [0.2, 0.25) is 0 Å². The zero-order valence-electron chi connectivity index (χ0n) is 30.2. The van der Waals surface area contributed by atoms with Gasteiger partial charge in [0.1, 0.15) is 23.3 Å². The van der Waals surface area contributed by atoms with Crippen LogP contribution in [0.5, 0.6) is 0 Å². The SMILES string of the molecule is O=S(=O)([O-])c1ccccc1C(=C1C=CC(=[N+](CCCOCCO)CCOCCO)C=C1)c1ccc(N(CCOCCO)CCOCCOCCO)cc1. The molecule has 14 nitrogen and oxygen atoms in total. The summed E-state index contributed by atoms with van der Waals surface area (Å²) in [6, 6.07) is 13.8. The molecule has 1 aliphatic carbocycles. The Kier molecular flexibility index (Phi) is 21.3. The molecule has 294 valence electrons. The number of anilines is 1. The average Bonchev–Trinajstić information content (AvgIpc) is 3.16. The lowest BCUT2D eigenvalue weighted by atomic mass is 9.90. The summed E-state index contributed by atoms with van der Waals surface area (Å²) in [4.78, 5) is 1.75. The van der Waals surface area contributed by atoms with Gasteiger partial charge in [0.15, 0.2) is 12.3 Å². The molecule has 53 heavy (non-hydrogen) atoms. The van der Waals surface area contributed by atoms with E-state index in [4.69, 9.17) is 44.1 Å². The van der Waals surface area contributed by atoms with Gasteiger partial charge in [-0.3, -0.25) is 0 Å². The van der Waals surface area contributed by atoms with Crippen LogP contribution in [0.3, 0.4) is 0 Å². The summed E-state index contributed by atoms with van der Waals surface area (Å²) >= 11 is 0. The number of benzene rings is 2. The topological polar surface area (TPSA) is 191 Å². The molecule has 3 rings (SSSR count). The smallest absolute Gasteiger partial charge is 0.200 e. The van der Waals surface area contributed by atoms with Crippen molar-refractivity contribution in [3.05, 3.63) is 89.5 Å². The first kappa shape index (κ1) is 44.1. The van der Waals surface area contributed by atoms with E-state index in [-0.39, 0.29) is 63.3 Å².